The summed E-state index contributed by atoms with van der Waals surface area (Å²) in [5.74, 6) is 1.50. The van der Waals surface area contributed by atoms with Crippen LogP contribution in [0.15, 0.2) is 12.1 Å². The number of alkyl halides is 3. The van der Waals surface area contributed by atoms with Gasteiger partial charge in [0.15, 0.2) is 11.5 Å². The number of aromatic nitrogens is 4. The average molecular weight is 450 g/mol. The molecule has 3 heterocycles. The Morgan fingerprint density at radius 1 is 1.12 bits per heavy atom. The molecule has 172 valence electrons. The van der Waals surface area contributed by atoms with Crippen LogP contribution in [0.4, 0.5) is 36.4 Å². The highest BCUT2D eigenvalue weighted by Gasteiger charge is 2.36. The number of fused-ring (bicyclic) bond motifs is 1. The lowest BCUT2D eigenvalue weighted by Gasteiger charge is -2.38. The van der Waals surface area contributed by atoms with E-state index in [2.05, 4.69) is 36.1 Å². The molecule has 0 aromatic carbocycles. The zero-order valence-corrected chi connectivity index (χ0v) is 18.2. The lowest BCUT2D eigenvalue weighted by atomic mass is 9.87. The van der Waals surface area contributed by atoms with Gasteiger partial charge in [-0.05, 0) is 37.8 Å². The number of carbonyl (C=O) groups excluding carboxylic acids is 1. The van der Waals surface area contributed by atoms with E-state index >= 15 is 0 Å². The number of hydrogen-bond acceptors (Lipinski definition) is 8. The lowest BCUT2D eigenvalue weighted by Crippen LogP contribution is -2.50. The van der Waals surface area contributed by atoms with Crippen LogP contribution in [0.1, 0.15) is 38.1 Å². The molecule has 3 N–H and O–H groups in total. The number of likely N-dealkylation sites (N-methyl/N-ethyl adjacent to an activating group) is 1. The molecule has 1 atom stereocenters. The fourth-order valence-electron chi connectivity index (χ4n) is 4.08. The molecule has 2 aliphatic rings. The number of nitrogens with zero attached hydrogens (tertiary/aromatic N) is 5. The standard InChI is InChI=1S/C20H25F3N8O/c1-9(2)16-18(32)27-15-10(3)24-19(28-17(15)31(16)4)26-12-7-11(8-12)25-14-6-5-13(29-30-14)20(21,22)23/h5-6,9,11-12,16H,7-8H2,1-4H3,(H,25,30)(H,27,32)(H,24,26,28)/t11-,12+,16-/m0/s1. The van der Waals surface area contributed by atoms with Crippen LogP contribution < -0.4 is 20.9 Å². The molecule has 4 rings (SSSR count). The van der Waals surface area contributed by atoms with E-state index in [0.29, 0.717) is 29.0 Å². The Morgan fingerprint density at radius 3 is 2.41 bits per heavy atom. The number of amides is 1. The van der Waals surface area contributed by atoms with Gasteiger partial charge in [0.25, 0.3) is 0 Å². The molecule has 1 saturated carbocycles. The summed E-state index contributed by atoms with van der Waals surface area (Å²) >= 11 is 0. The Morgan fingerprint density at radius 2 is 1.81 bits per heavy atom. The molecule has 1 aliphatic carbocycles. The van der Waals surface area contributed by atoms with Crippen LogP contribution in [-0.2, 0) is 11.0 Å². The SMILES string of the molecule is Cc1nc(N[C@H]2C[C@@H](Nc3ccc(C(F)(F)F)nn3)C2)nc2c1NC(=O)[C@H](C(C)C)N2C. The molecule has 0 radical (unpaired) electrons. The Bertz CT molecular complexity index is 1010. The third-order valence-electron chi connectivity index (χ3n) is 5.75. The highest BCUT2D eigenvalue weighted by atomic mass is 19.4. The first-order valence-corrected chi connectivity index (χ1v) is 10.4. The van der Waals surface area contributed by atoms with Gasteiger partial charge in [0.1, 0.15) is 17.5 Å². The van der Waals surface area contributed by atoms with E-state index in [0.717, 1.165) is 18.9 Å². The Labute approximate surface area is 183 Å². The minimum absolute atomic E-state index is 0.0598. The summed E-state index contributed by atoms with van der Waals surface area (Å²) < 4.78 is 37.8. The van der Waals surface area contributed by atoms with E-state index in [1.165, 1.54) is 6.07 Å². The van der Waals surface area contributed by atoms with Crippen LogP contribution in [0.3, 0.4) is 0 Å². The third kappa shape index (κ3) is 4.26. The molecule has 1 aliphatic heterocycles. The largest absolute Gasteiger partial charge is 0.435 e. The number of halogens is 3. The van der Waals surface area contributed by atoms with Crippen molar-refractivity contribution in [3.8, 4) is 0 Å². The summed E-state index contributed by atoms with van der Waals surface area (Å²) in [4.78, 5) is 23.4. The molecule has 0 unspecified atom stereocenters. The Balaban J connectivity index is 1.37. The van der Waals surface area contributed by atoms with Crippen molar-refractivity contribution >= 4 is 29.2 Å². The number of hydrogen-bond donors (Lipinski definition) is 3. The van der Waals surface area contributed by atoms with Gasteiger partial charge >= 0.3 is 6.18 Å². The molecule has 0 bridgehead atoms. The zero-order chi connectivity index (χ0) is 23.2. The van der Waals surface area contributed by atoms with Crippen molar-refractivity contribution in [1.82, 2.24) is 20.2 Å². The number of nitrogens with one attached hydrogen (secondary N) is 3. The Hall–Kier alpha value is -3.18. The van der Waals surface area contributed by atoms with Crippen molar-refractivity contribution in [2.75, 3.05) is 27.9 Å². The molecule has 0 saturated heterocycles. The second-order valence-corrected chi connectivity index (χ2v) is 8.58. The van der Waals surface area contributed by atoms with Gasteiger partial charge in [-0.15, -0.1) is 10.2 Å². The minimum atomic E-state index is -4.50. The van der Waals surface area contributed by atoms with Crippen molar-refractivity contribution in [1.29, 1.82) is 0 Å². The van der Waals surface area contributed by atoms with Crippen LogP contribution in [0, 0.1) is 12.8 Å². The number of aryl methyl sites for hydroxylation is 1. The maximum absolute atomic E-state index is 12.6. The summed E-state index contributed by atoms with van der Waals surface area (Å²) in [7, 11) is 1.85. The maximum Gasteiger partial charge on any atom is 0.435 e. The number of anilines is 4. The predicted molar refractivity (Wildman–Crippen MR) is 114 cm³/mol. The van der Waals surface area contributed by atoms with E-state index in [1.807, 2.05) is 32.7 Å². The van der Waals surface area contributed by atoms with Crippen LogP contribution in [0.2, 0.25) is 0 Å². The van der Waals surface area contributed by atoms with Crippen molar-refractivity contribution in [2.45, 2.75) is 57.9 Å². The van der Waals surface area contributed by atoms with Crippen molar-refractivity contribution < 1.29 is 18.0 Å². The minimum Gasteiger partial charge on any atom is -0.366 e. The Kier molecular flexibility index (Phi) is 5.55. The summed E-state index contributed by atoms with van der Waals surface area (Å²) in [6, 6.07) is 2.04. The molecule has 1 fully saturated rings. The number of rotatable bonds is 5. The first kappa shape index (κ1) is 22.0. The topological polar surface area (TPSA) is 108 Å². The molecule has 1 amide bonds. The summed E-state index contributed by atoms with van der Waals surface area (Å²) in [5.41, 5.74) is 0.278. The van der Waals surface area contributed by atoms with E-state index < -0.39 is 11.9 Å². The molecule has 9 nitrogen and oxygen atoms in total. The van der Waals surface area contributed by atoms with Gasteiger partial charge in [0, 0.05) is 19.1 Å². The van der Waals surface area contributed by atoms with Gasteiger partial charge in [-0.1, -0.05) is 13.8 Å². The molecular weight excluding hydrogens is 425 g/mol. The summed E-state index contributed by atoms with van der Waals surface area (Å²) in [6.07, 6.45) is -3.05. The van der Waals surface area contributed by atoms with Crippen LogP contribution in [-0.4, -0.2) is 51.2 Å². The normalized spacial score (nSPS) is 22.8. The number of carbonyl (C=O) groups is 1. The van der Waals surface area contributed by atoms with Gasteiger partial charge in [-0.2, -0.15) is 18.2 Å². The zero-order valence-electron chi connectivity index (χ0n) is 18.2. The highest BCUT2D eigenvalue weighted by Crippen LogP contribution is 2.35. The first-order chi connectivity index (χ1) is 15.0. The third-order valence-corrected chi connectivity index (χ3v) is 5.75. The highest BCUT2D eigenvalue weighted by molar-refractivity contribution is 6.03. The summed E-state index contributed by atoms with van der Waals surface area (Å²) in [6.45, 7) is 5.80. The molecular formula is C20H25F3N8O. The molecule has 2 aromatic rings. The van der Waals surface area contributed by atoms with Crippen LogP contribution >= 0.6 is 0 Å². The van der Waals surface area contributed by atoms with Crippen molar-refractivity contribution in [3.05, 3.63) is 23.5 Å². The van der Waals surface area contributed by atoms with E-state index in [1.54, 1.807) is 0 Å². The maximum atomic E-state index is 12.6. The predicted octanol–water partition coefficient (Wildman–Crippen LogP) is 3.06. The average Bonchev–Trinajstić information content (AvgIpc) is 2.67. The van der Waals surface area contributed by atoms with Gasteiger partial charge in [-0.3, -0.25) is 4.79 Å². The fraction of sp³-hybridized carbons (Fsp3) is 0.550. The van der Waals surface area contributed by atoms with Crippen molar-refractivity contribution in [3.63, 3.8) is 0 Å². The van der Waals surface area contributed by atoms with Crippen LogP contribution in [0.5, 0.6) is 0 Å². The van der Waals surface area contributed by atoms with E-state index in [9.17, 15) is 18.0 Å². The quantitative estimate of drug-likeness (QED) is 0.638. The van der Waals surface area contributed by atoms with Gasteiger partial charge in [0.2, 0.25) is 11.9 Å². The first-order valence-electron chi connectivity index (χ1n) is 10.4. The molecule has 2 aromatic heterocycles. The van der Waals surface area contributed by atoms with E-state index in [-0.39, 0.29) is 30.0 Å². The van der Waals surface area contributed by atoms with Gasteiger partial charge < -0.3 is 20.9 Å². The van der Waals surface area contributed by atoms with Gasteiger partial charge in [-0.25, -0.2) is 4.98 Å². The van der Waals surface area contributed by atoms with Crippen molar-refractivity contribution in [2.24, 2.45) is 5.92 Å². The van der Waals surface area contributed by atoms with E-state index in [4.69, 9.17) is 0 Å². The summed E-state index contributed by atoms with van der Waals surface area (Å²) in [5, 5.41) is 16.1. The lowest BCUT2D eigenvalue weighted by molar-refractivity contribution is -0.141. The smallest absolute Gasteiger partial charge is 0.366 e. The van der Waals surface area contributed by atoms with Crippen LogP contribution in [0.25, 0.3) is 0 Å². The second kappa shape index (κ2) is 8.06. The van der Waals surface area contributed by atoms with Gasteiger partial charge in [0.05, 0.1) is 5.69 Å². The monoisotopic (exact) mass is 450 g/mol. The fourth-order valence-corrected chi connectivity index (χ4v) is 4.08. The molecule has 0 spiro atoms. The second-order valence-electron chi connectivity index (χ2n) is 8.58. The molecule has 12 heteroatoms. The molecule has 32 heavy (non-hydrogen) atoms.